The number of nitro benzene ring substituents is 1. The largest absolute Gasteiger partial charge is 0.505 e. The average Bonchev–Trinajstić information content (AvgIpc) is 2.90. The van der Waals surface area contributed by atoms with Crippen molar-refractivity contribution < 1.29 is 14.8 Å². The number of phenolic OH excluding ortho intramolecular Hbond substituents is 1. The normalized spacial score (nSPS) is 21.6. The summed E-state index contributed by atoms with van der Waals surface area (Å²) in [5.41, 5.74) is -1.18. The summed E-state index contributed by atoms with van der Waals surface area (Å²) >= 11 is 0. The van der Waals surface area contributed by atoms with Gasteiger partial charge in [-0.2, -0.15) is 0 Å². The maximum atomic E-state index is 12.4. The number of rotatable bonds is 4. The molecule has 0 radical (unpaired) electrons. The Bertz CT molecular complexity index is 538. The summed E-state index contributed by atoms with van der Waals surface area (Å²) in [4.78, 5) is 22.7. The van der Waals surface area contributed by atoms with Gasteiger partial charge in [0.05, 0.1) is 10.5 Å². The molecule has 1 saturated heterocycles. The molecule has 7 heteroatoms. The highest BCUT2D eigenvalue weighted by Gasteiger charge is 2.40. The van der Waals surface area contributed by atoms with Gasteiger partial charge in [-0.25, -0.2) is 0 Å². The lowest BCUT2D eigenvalue weighted by atomic mass is 9.93. The van der Waals surface area contributed by atoms with Crippen LogP contribution in [0.5, 0.6) is 5.75 Å². The first kappa shape index (κ1) is 14.3. The summed E-state index contributed by atoms with van der Waals surface area (Å²) in [6.45, 7) is 2.63. The molecular weight excluding hydrogens is 262 g/mol. The van der Waals surface area contributed by atoms with Gasteiger partial charge in [-0.1, -0.05) is 13.0 Å². The van der Waals surface area contributed by atoms with Gasteiger partial charge in [-0.05, 0) is 31.9 Å². The molecule has 20 heavy (non-hydrogen) atoms. The van der Waals surface area contributed by atoms with Gasteiger partial charge in [0, 0.05) is 6.07 Å². The van der Waals surface area contributed by atoms with E-state index in [0.717, 1.165) is 13.0 Å². The number of aromatic hydroxyl groups is 1. The zero-order valence-corrected chi connectivity index (χ0v) is 11.2. The van der Waals surface area contributed by atoms with E-state index < -0.39 is 10.5 Å². The molecule has 1 aromatic rings. The monoisotopic (exact) mass is 279 g/mol. The molecular formula is C13H17N3O4. The van der Waals surface area contributed by atoms with Crippen molar-refractivity contribution >= 4 is 17.3 Å². The molecule has 0 saturated carbocycles. The fraction of sp³-hybridized carbons (Fsp3) is 0.462. The van der Waals surface area contributed by atoms with Crippen LogP contribution in [0.1, 0.15) is 26.2 Å². The maximum absolute atomic E-state index is 12.4. The number of nitrogens with zero attached hydrogens (tertiary/aromatic N) is 1. The Morgan fingerprint density at radius 1 is 1.60 bits per heavy atom. The molecule has 1 atom stereocenters. The number of nitro groups is 1. The molecule has 3 N–H and O–H groups in total. The van der Waals surface area contributed by atoms with Crippen LogP contribution in [0, 0.1) is 10.1 Å². The van der Waals surface area contributed by atoms with Crippen molar-refractivity contribution in [2.24, 2.45) is 0 Å². The van der Waals surface area contributed by atoms with Gasteiger partial charge in [0.25, 0.3) is 5.69 Å². The van der Waals surface area contributed by atoms with Crippen molar-refractivity contribution in [1.29, 1.82) is 0 Å². The number of carbonyl (C=O) groups is 1. The third-order valence-corrected chi connectivity index (χ3v) is 3.74. The summed E-state index contributed by atoms with van der Waals surface area (Å²) in [6.07, 6.45) is 2.14. The molecule has 1 aliphatic rings. The molecule has 0 aromatic heterocycles. The van der Waals surface area contributed by atoms with Crippen molar-refractivity contribution in [1.82, 2.24) is 5.32 Å². The average molecular weight is 279 g/mol. The Hall–Kier alpha value is -2.15. The maximum Gasteiger partial charge on any atom is 0.296 e. The van der Waals surface area contributed by atoms with E-state index in [2.05, 4.69) is 10.6 Å². The Morgan fingerprint density at radius 3 is 2.90 bits per heavy atom. The van der Waals surface area contributed by atoms with Gasteiger partial charge in [-0.15, -0.1) is 0 Å². The van der Waals surface area contributed by atoms with Crippen molar-refractivity contribution in [2.45, 2.75) is 31.7 Å². The number of benzene rings is 1. The Balaban J connectivity index is 2.30. The predicted molar refractivity (Wildman–Crippen MR) is 73.6 cm³/mol. The summed E-state index contributed by atoms with van der Waals surface area (Å²) in [5, 5.41) is 26.3. The van der Waals surface area contributed by atoms with Crippen molar-refractivity contribution in [2.75, 3.05) is 11.9 Å². The molecule has 0 spiro atoms. The van der Waals surface area contributed by atoms with Crippen LogP contribution in [-0.4, -0.2) is 28.0 Å². The van der Waals surface area contributed by atoms with E-state index in [9.17, 15) is 20.0 Å². The minimum atomic E-state index is -0.712. The predicted octanol–water partition coefficient (Wildman–Crippen LogP) is 1.77. The smallest absolute Gasteiger partial charge is 0.296 e. The first-order valence-electron chi connectivity index (χ1n) is 6.53. The summed E-state index contributed by atoms with van der Waals surface area (Å²) in [5.74, 6) is -0.654. The number of hydrogen-bond donors (Lipinski definition) is 3. The van der Waals surface area contributed by atoms with E-state index in [1.165, 1.54) is 18.2 Å². The van der Waals surface area contributed by atoms with Crippen molar-refractivity contribution in [3.63, 3.8) is 0 Å². The molecule has 1 amide bonds. The van der Waals surface area contributed by atoms with Gasteiger partial charge < -0.3 is 15.7 Å². The molecule has 1 fully saturated rings. The fourth-order valence-corrected chi connectivity index (χ4v) is 2.50. The van der Waals surface area contributed by atoms with Crippen LogP contribution in [0.4, 0.5) is 11.4 Å². The fourth-order valence-electron chi connectivity index (χ4n) is 2.50. The summed E-state index contributed by atoms with van der Waals surface area (Å²) in [6, 6.07) is 3.92. The quantitative estimate of drug-likeness (QED) is 0.442. The Kier molecular flexibility index (Phi) is 3.89. The first-order valence-corrected chi connectivity index (χ1v) is 6.53. The van der Waals surface area contributed by atoms with E-state index in [1.807, 2.05) is 6.92 Å². The highest BCUT2D eigenvalue weighted by Crippen LogP contribution is 2.34. The number of amides is 1. The van der Waals surface area contributed by atoms with Crippen LogP contribution < -0.4 is 10.6 Å². The summed E-state index contributed by atoms with van der Waals surface area (Å²) < 4.78 is 0. The number of carbonyl (C=O) groups excluding carboxylic acids is 1. The standard InChI is InChI=1S/C13H17N3O4/c1-2-13(7-4-8-14-13)12(18)15-11-9(16(19)20)5-3-6-10(11)17/h3,5-6,14,17H,2,4,7-8H2,1H3,(H,15,18). The van der Waals surface area contributed by atoms with Crippen LogP contribution in [-0.2, 0) is 4.79 Å². The molecule has 2 rings (SSSR count). The van der Waals surface area contributed by atoms with Crippen LogP contribution in [0.3, 0.4) is 0 Å². The molecule has 1 aromatic carbocycles. The molecule has 1 unspecified atom stereocenters. The molecule has 108 valence electrons. The van der Waals surface area contributed by atoms with E-state index in [0.29, 0.717) is 12.8 Å². The van der Waals surface area contributed by atoms with E-state index in [-0.39, 0.29) is 23.0 Å². The molecule has 0 bridgehead atoms. The third-order valence-electron chi connectivity index (χ3n) is 3.74. The SMILES string of the molecule is CCC1(C(=O)Nc2c(O)cccc2[N+](=O)[O-])CCCN1. The van der Waals surface area contributed by atoms with E-state index in [1.54, 1.807) is 0 Å². The molecule has 0 aliphatic carbocycles. The van der Waals surface area contributed by atoms with E-state index >= 15 is 0 Å². The highest BCUT2D eigenvalue weighted by molar-refractivity contribution is 6.01. The van der Waals surface area contributed by atoms with Gasteiger partial charge in [0.1, 0.15) is 5.75 Å². The second-order valence-electron chi connectivity index (χ2n) is 4.85. The highest BCUT2D eigenvalue weighted by atomic mass is 16.6. The van der Waals surface area contributed by atoms with Crippen LogP contribution in [0.15, 0.2) is 18.2 Å². The van der Waals surface area contributed by atoms with E-state index in [4.69, 9.17) is 0 Å². The Labute approximate surface area is 116 Å². The number of anilines is 1. The van der Waals surface area contributed by atoms with Crippen LogP contribution >= 0.6 is 0 Å². The zero-order chi connectivity index (χ0) is 14.8. The van der Waals surface area contributed by atoms with Crippen LogP contribution in [0.25, 0.3) is 0 Å². The molecule has 7 nitrogen and oxygen atoms in total. The Morgan fingerprint density at radius 2 is 2.35 bits per heavy atom. The molecule has 1 aliphatic heterocycles. The van der Waals surface area contributed by atoms with Crippen LogP contribution in [0.2, 0.25) is 0 Å². The van der Waals surface area contributed by atoms with Crippen molar-refractivity contribution in [3.8, 4) is 5.75 Å². The first-order chi connectivity index (χ1) is 9.50. The third kappa shape index (κ3) is 2.44. The number of para-hydroxylation sites is 1. The zero-order valence-electron chi connectivity index (χ0n) is 11.2. The van der Waals surface area contributed by atoms with Gasteiger partial charge in [0.2, 0.25) is 5.91 Å². The lowest BCUT2D eigenvalue weighted by Crippen LogP contribution is -2.50. The topological polar surface area (TPSA) is 104 Å². The minimum Gasteiger partial charge on any atom is -0.505 e. The van der Waals surface area contributed by atoms with Gasteiger partial charge in [0.15, 0.2) is 5.69 Å². The number of phenols is 1. The van der Waals surface area contributed by atoms with Crippen molar-refractivity contribution in [3.05, 3.63) is 28.3 Å². The van der Waals surface area contributed by atoms with Gasteiger partial charge in [-0.3, -0.25) is 14.9 Å². The summed E-state index contributed by atoms with van der Waals surface area (Å²) in [7, 11) is 0. The van der Waals surface area contributed by atoms with Gasteiger partial charge >= 0.3 is 0 Å². The second-order valence-corrected chi connectivity index (χ2v) is 4.85. The number of nitrogens with one attached hydrogen (secondary N) is 2. The minimum absolute atomic E-state index is 0.149. The molecule has 1 heterocycles. The lowest BCUT2D eigenvalue weighted by Gasteiger charge is -2.26. The number of hydrogen-bond acceptors (Lipinski definition) is 5. The lowest BCUT2D eigenvalue weighted by molar-refractivity contribution is -0.384. The second kappa shape index (κ2) is 5.46.